The summed E-state index contributed by atoms with van der Waals surface area (Å²) in [6.45, 7) is 5.73. The molecule has 0 aromatic heterocycles. The summed E-state index contributed by atoms with van der Waals surface area (Å²) < 4.78 is 0.827. The van der Waals surface area contributed by atoms with Crippen LogP contribution in [-0.2, 0) is 0 Å². The Morgan fingerprint density at radius 2 is 2.17 bits per heavy atom. The van der Waals surface area contributed by atoms with E-state index in [2.05, 4.69) is 40.0 Å². The summed E-state index contributed by atoms with van der Waals surface area (Å²) in [5, 5.41) is 14.0. The number of likely N-dealkylation sites (N-methyl/N-ethyl adjacent to an activating group) is 1. The summed E-state index contributed by atoms with van der Waals surface area (Å²) in [5.74, 6) is 0. The normalized spacial score (nSPS) is 11.0. The van der Waals surface area contributed by atoms with Gasteiger partial charge in [-0.25, -0.2) is 0 Å². The molecule has 0 fully saturated rings. The smallest absolute Gasteiger partial charge is 0.292 e. The van der Waals surface area contributed by atoms with E-state index in [0.717, 1.165) is 11.0 Å². The number of nitrogens with zero attached hydrogens (tertiary/aromatic N) is 2. The fourth-order valence-electron chi connectivity index (χ4n) is 1.43. The second-order valence-electron chi connectivity index (χ2n) is 4.42. The average molecular weight is 316 g/mol. The number of benzene rings is 1. The summed E-state index contributed by atoms with van der Waals surface area (Å²) >= 11 is 3.32. The van der Waals surface area contributed by atoms with Crippen LogP contribution in [0, 0.1) is 10.1 Å². The minimum Gasteiger partial charge on any atom is -0.378 e. The van der Waals surface area contributed by atoms with Crippen molar-refractivity contribution in [3.05, 3.63) is 32.8 Å². The van der Waals surface area contributed by atoms with Crippen molar-refractivity contribution in [2.75, 3.05) is 25.5 Å². The van der Waals surface area contributed by atoms with Gasteiger partial charge in [0.2, 0.25) is 0 Å². The molecule has 0 saturated heterocycles. The Labute approximate surface area is 115 Å². The monoisotopic (exact) mass is 315 g/mol. The molecule has 1 aromatic rings. The average Bonchev–Trinajstić information content (AvgIpc) is 2.28. The summed E-state index contributed by atoms with van der Waals surface area (Å²) in [6, 6.07) is 5.36. The van der Waals surface area contributed by atoms with Gasteiger partial charge in [-0.05, 0) is 33.0 Å². The summed E-state index contributed by atoms with van der Waals surface area (Å²) in [6.07, 6.45) is 0. The van der Waals surface area contributed by atoms with Gasteiger partial charge in [0.15, 0.2) is 0 Å². The number of anilines is 1. The van der Waals surface area contributed by atoms with E-state index >= 15 is 0 Å². The zero-order valence-electron chi connectivity index (χ0n) is 10.8. The molecular weight excluding hydrogens is 298 g/mol. The number of halogens is 1. The molecule has 0 aliphatic carbocycles. The highest BCUT2D eigenvalue weighted by molar-refractivity contribution is 9.10. The molecule has 0 atom stereocenters. The molecule has 0 aliphatic rings. The third-order valence-corrected chi connectivity index (χ3v) is 3.31. The highest BCUT2D eigenvalue weighted by Gasteiger charge is 2.13. The van der Waals surface area contributed by atoms with E-state index in [1.807, 2.05) is 7.05 Å². The quantitative estimate of drug-likeness (QED) is 0.647. The second kappa shape index (κ2) is 6.70. The van der Waals surface area contributed by atoms with Crippen LogP contribution < -0.4 is 5.32 Å². The first-order valence-corrected chi connectivity index (χ1v) is 6.59. The molecule has 100 valence electrons. The lowest BCUT2D eigenvalue weighted by Crippen LogP contribution is -2.31. The predicted octanol–water partition coefficient (Wildman–Crippen LogP) is 3.11. The first kappa shape index (κ1) is 14.9. The van der Waals surface area contributed by atoms with E-state index in [0.29, 0.717) is 18.3 Å². The Morgan fingerprint density at radius 3 is 2.72 bits per heavy atom. The Balaban J connectivity index is 2.66. The van der Waals surface area contributed by atoms with Crippen molar-refractivity contribution in [2.45, 2.75) is 19.9 Å². The minimum absolute atomic E-state index is 0.102. The van der Waals surface area contributed by atoms with Crippen molar-refractivity contribution in [1.29, 1.82) is 0 Å². The van der Waals surface area contributed by atoms with Gasteiger partial charge in [0.25, 0.3) is 5.69 Å². The molecular formula is C12H18BrN3O2. The summed E-state index contributed by atoms with van der Waals surface area (Å²) in [5.41, 5.74) is 0.650. The molecule has 0 bridgehead atoms. The van der Waals surface area contributed by atoms with Crippen LogP contribution in [0.15, 0.2) is 22.7 Å². The van der Waals surface area contributed by atoms with Crippen molar-refractivity contribution in [2.24, 2.45) is 0 Å². The maximum Gasteiger partial charge on any atom is 0.292 e. The zero-order chi connectivity index (χ0) is 13.7. The highest BCUT2D eigenvalue weighted by atomic mass is 79.9. The number of rotatable bonds is 6. The topological polar surface area (TPSA) is 58.4 Å². The lowest BCUT2D eigenvalue weighted by molar-refractivity contribution is -0.384. The number of nitro benzene ring substituents is 1. The van der Waals surface area contributed by atoms with Crippen molar-refractivity contribution in [3.63, 3.8) is 0 Å². The van der Waals surface area contributed by atoms with Gasteiger partial charge in [-0.1, -0.05) is 15.9 Å². The number of hydrogen-bond donors (Lipinski definition) is 1. The maximum atomic E-state index is 10.9. The Kier molecular flexibility index (Phi) is 5.55. The molecule has 0 radical (unpaired) electrons. The van der Waals surface area contributed by atoms with Crippen molar-refractivity contribution >= 4 is 27.3 Å². The molecule has 0 amide bonds. The maximum absolute atomic E-state index is 10.9. The van der Waals surface area contributed by atoms with E-state index in [4.69, 9.17) is 0 Å². The Morgan fingerprint density at radius 1 is 1.50 bits per heavy atom. The molecule has 5 nitrogen and oxygen atoms in total. The molecule has 6 heteroatoms. The molecule has 0 aliphatic heterocycles. The van der Waals surface area contributed by atoms with Crippen LogP contribution in [0.5, 0.6) is 0 Å². The SMILES string of the molecule is CC(C)N(C)CCNc1cc(Br)ccc1[N+](=O)[O-]. The van der Waals surface area contributed by atoms with Gasteiger partial charge in [0, 0.05) is 29.7 Å². The predicted molar refractivity (Wildman–Crippen MR) is 77.1 cm³/mol. The fraction of sp³-hybridized carbons (Fsp3) is 0.500. The van der Waals surface area contributed by atoms with Gasteiger partial charge < -0.3 is 10.2 Å². The van der Waals surface area contributed by atoms with Crippen LogP contribution in [0.3, 0.4) is 0 Å². The van der Waals surface area contributed by atoms with E-state index in [9.17, 15) is 10.1 Å². The van der Waals surface area contributed by atoms with Gasteiger partial charge >= 0.3 is 0 Å². The van der Waals surface area contributed by atoms with Gasteiger partial charge in [0.05, 0.1) is 4.92 Å². The number of nitrogens with one attached hydrogen (secondary N) is 1. The Hall–Kier alpha value is -1.14. The van der Waals surface area contributed by atoms with Crippen molar-refractivity contribution in [1.82, 2.24) is 4.90 Å². The van der Waals surface area contributed by atoms with Gasteiger partial charge in [-0.15, -0.1) is 0 Å². The van der Waals surface area contributed by atoms with E-state index in [1.165, 1.54) is 6.07 Å². The van der Waals surface area contributed by atoms with E-state index in [1.54, 1.807) is 12.1 Å². The Bertz CT molecular complexity index is 424. The molecule has 1 aromatic carbocycles. The largest absolute Gasteiger partial charge is 0.378 e. The minimum atomic E-state index is -0.374. The van der Waals surface area contributed by atoms with Crippen molar-refractivity contribution in [3.8, 4) is 0 Å². The molecule has 1 N–H and O–H groups in total. The van der Waals surface area contributed by atoms with E-state index in [-0.39, 0.29) is 10.6 Å². The van der Waals surface area contributed by atoms with Crippen LogP contribution in [0.2, 0.25) is 0 Å². The van der Waals surface area contributed by atoms with Crippen LogP contribution in [0.4, 0.5) is 11.4 Å². The zero-order valence-corrected chi connectivity index (χ0v) is 12.4. The molecule has 0 spiro atoms. The number of nitro groups is 1. The second-order valence-corrected chi connectivity index (χ2v) is 5.34. The lowest BCUT2D eigenvalue weighted by atomic mass is 10.2. The van der Waals surface area contributed by atoms with Crippen LogP contribution in [-0.4, -0.2) is 36.0 Å². The molecule has 0 heterocycles. The van der Waals surface area contributed by atoms with Gasteiger partial charge in [-0.3, -0.25) is 10.1 Å². The fourth-order valence-corrected chi connectivity index (χ4v) is 1.80. The summed E-state index contributed by atoms with van der Waals surface area (Å²) in [4.78, 5) is 12.7. The highest BCUT2D eigenvalue weighted by Crippen LogP contribution is 2.27. The van der Waals surface area contributed by atoms with Crippen LogP contribution >= 0.6 is 15.9 Å². The lowest BCUT2D eigenvalue weighted by Gasteiger charge is -2.21. The third kappa shape index (κ3) is 4.27. The first-order chi connectivity index (χ1) is 8.41. The van der Waals surface area contributed by atoms with Gasteiger partial charge in [-0.2, -0.15) is 0 Å². The molecule has 0 unspecified atom stereocenters. The van der Waals surface area contributed by atoms with Crippen LogP contribution in [0.1, 0.15) is 13.8 Å². The van der Waals surface area contributed by atoms with Crippen LogP contribution in [0.25, 0.3) is 0 Å². The summed E-state index contributed by atoms with van der Waals surface area (Å²) in [7, 11) is 2.03. The standard InChI is InChI=1S/C12H18BrN3O2/c1-9(2)15(3)7-6-14-11-8-10(13)4-5-12(11)16(17)18/h4-5,8-9,14H,6-7H2,1-3H3. The molecule has 18 heavy (non-hydrogen) atoms. The molecule has 0 saturated carbocycles. The van der Waals surface area contributed by atoms with Crippen molar-refractivity contribution < 1.29 is 4.92 Å². The first-order valence-electron chi connectivity index (χ1n) is 5.80. The molecule has 1 rings (SSSR count). The van der Waals surface area contributed by atoms with Gasteiger partial charge in [0.1, 0.15) is 5.69 Å². The third-order valence-electron chi connectivity index (χ3n) is 2.82. The van der Waals surface area contributed by atoms with E-state index < -0.39 is 0 Å². The number of hydrogen-bond acceptors (Lipinski definition) is 4.